The van der Waals surface area contributed by atoms with E-state index in [2.05, 4.69) is 13.8 Å². The maximum absolute atomic E-state index is 12.1. The Hall–Kier alpha value is -0.650. The fourth-order valence-electron chi connectivity index (χ4n) is 5.19. The molecule has 0 amide bonds. The number of hydrogen-bond donors (Lipinski definition) is 2. The van der Waals surface area contributed by atoms with Crippen LogP contribution in [0.5, 0.6) is 0 Å². The van der Waals surface area contributed by atoms with Crippen molar-refractivity contribution in [3.8, 4) is 0 Å². The monoisotopic (exact) mass is 284 g/mol. The van der Waals surface area contributed by atoms with Crippen LogP contribution in [0.25, 0.3) is 0 Å². The molecule has 2 bridgehead atoms. The summed E-state index contributed by atoms with van der Waals surface area (Å²) in [7, 11) is 1.29. The van der Waals surface area contributed by atoms with Crippen molar-refractivity contribution in [2.24, 2.45) is 16.7 Å². The molecule has 114 valence electrons. The van der Waals surface area contributed by atoms with Crippen LogP contribution in [-0.4, -0.2) is 47.7 Å². The molecule has 1 saturated heterocycles. The van der Waals surface area contributed by atoms with Gasteiger partial charge >= 0.3 is 5.97 Å². The minimum Gasteiger partial charge on any atom is -0.467 e. The normalized spacial score (nSPS) is 49.5. The molecule has 0 aromatic rings. The fourth-order valence-corrected chi connectivity index (χ4v) is 5.19. The van der Waals surface area contributed by atoms with Gasteiger partial charge in [0.2, 0.25) is 0 Å². The number of ether oxygens (including phenoxy) is 2. The number of esters is 1. The van der Waals surface area contributed by atoms with Gasteiger partial charge < -0.3 is 19.7 Å². The highest BCUT2D eigenvalue weighted by Gasteiger charge is 2.71. The Morgan fingerprint density at radius 3 is 2.65 bits per heavy atom. The average Bonchev–Trinajstić information content (AvgIpc) is 2.72. The molecular formula is C15H24O5. The molecule has 1 heterocycles. The molecule has 3 rings (SSSR count). The minimum absolute atomic E-state index is 0.0426. The molecule has 0 unspecified atom stereocenters. The predicted octanol–water partition coefficient (Wildman–Crippen LogP) is 0.867. The van der Waals surface area contributed by atoms with E-state index in [1.165, 1.54) is 7.11 Å². The number of fused-ring (bicyclic) bond motifs is 1. The lowest BCUT2D eigenvalue weighted by molar-refractivity contribution is -0.207. The highest BCUT2D eigenvalue weighted by Crippen LogP contribution is 2.63. The van der Waals surface area contributed by atoms with E-state index >= 15 is 0 Å². The van der Waals surface area contributed by atoms with Crippen molar-refractivity contribution in [2.75, 3.05) is 13.7 Å². The molecule has 0 aromatic heterocycles. The van der Waals surface area contributed by atoms with E-state index in [-0.39, 0.29) is 16.7 Å². The van der Waals surface area contributed by atoms with Gasteiger partial charge in [-0.1, -0.05) is 20.3 Å². The van der Waals surface area contributed by atoms with Crippen LogP contribution in [0, 0.1) is 16.7 Å². The van der Waals surface area contributed by atoms with Crippen LogP contribution in [0.3, 0.4) is 0 Å². The van der Waals surface area contributed by atoms with Crippen molar-refractivity contribution in [3.05, 3.63) is 0 Å². The summed E-state index contributed by atoms with van der Waals surface area (Å²) >= 11 is 0. The summed E-state index contributed by atoms with van der Waals surface area (Å²) in [5.74, 6) is -0.609. The second kappa shape index (κ2) is 4.18. The Labute approximate surface area is 119 Å². The van der Waals surface area contributed by atoms with Crippen molar-refractivity contribution < 1.29 is 24.5 Å². The van der Waals surface area contributed by atoms with Crippen molar-refractivity contribution in [1.29, 1.82) is 0 Å². The third-order valence-corrected chi connectivity index (χ3v) is 5.90. The molecule has 5 nitrogen and oxygen atoms in total. The van der Waals surface area contributed by atoms with Gasteiger partial charge in [-0.2, -0.15) is 0 Å². The lowest BCUT2D eigenvalue weighted by Gasteiger charge is -2.56. The summed E-state index contributed by atoms with van der Waals surface area (Å²) in [5.41, 5.74) is -1.65. The summed E-state index contributed by atoms with van der Waals surface area (Å²) < 4.78 is 10.6. The van der Waals surface area contributed by atoms with Gasteiger partial charge in [-0.05, 0) is 24.7 Å². The molecule has 5 atom stereocenters. The Balaban J connectivity index is 2.05. The SMILES string of the molecule is COC(=O)[C@]12C[C@@]3(CCCC(C)(C)[C@H]3[C@@H](O)[C@@H]1O)CO2. The van der Waals surface area contributed by atoms with Gasteiger partial charge in [0.25, 0.3) is 0 Å². The van der Waals surface area contributed by atoms with E-state index in [9.17, 15) is 15.0 Å². The molecule has 3 aliphatic rings. The third kappa shape index (κ3) is 1.57. The molecule has 0 radical (unpaired) electrons. The lowest BCUT2D eigenvalue weighted by atomic mass is 9.48. The smallest absolute Gasteiger partial charge is 0.341 e. The van der Waals surface area contributed by atoms with E-state index in [0.29, 0.717) is 13.0 Å². The molecule has 0 aromatic carbocycles. The van der Waals surface area contributed by atoms with Crippen molar-refractivity contribution in [2.45, 2.75) is 57.3 Å². The molecule has 2 saturated carbocycles. The number of rotatable bonds is 1. The van der Waals surface area contributed by atoms with Gasteiger partial charge in [-0.3, -0.25) is 0 Å². The van der Waals surface area contributed by atoms with Crippen LogP contribution < -0.4 is 0 Å². The molecular weight excluding hydrogens is 260 g/mol. The summed E-state index contributed by atoms with van der Waals surface area (Å²) in [6.07, 6.45) is 1.32. The highest BCUT2D eigenvalue weighted by molar-refractivity contribution is 5.81. The molecule has 1 aliphatic heterocycles. The zero-order chi connectivity index (χ0) is 14.8. The van der Waals surface area contributed by atoms with Gasteiger partial charge in [0.1, 0.15) is 6.10 Å². The van der Waals surface area contributed by atoms with Crippen LogP contribution in [0.15, 0.2) is 0 Å². The largest absolute Gasteiger partial charge is 0.467 e. The fraction of sp³-hybridized carbons (Fsp3) is 0.933. The van der Waals surface area contributed by atoms with Crippen LogP contribution in [-0.2, 0) is 14.3 Å². The third-order valence-electron chi connectivity index (χ3n) is 5.90. The van der Waals surface area contributed by atoms with E-state index in [4.69, 9.17) is 9.47 Å². The van der Waals surface area contributed by atoms with E-state index in [1.54, 1.807) is 0 Å². The van der Waals surface area contributed by atoms with Gasteiger partial charge in [-0.25, -0.2) is 4.79 Å². The Kier molecular flexibility index (Phi) is 2.99. The number of methoxy groups -OCH3 is 1. The van der Waals surface area contributed by atoms with Crippen LogP contribution >= 0.6 is 0 Å². The molecule has 5 heteroatoms. The first kappa shape index (κ1) is 14.3. The lowest BCUT2D eigenvalue weighted by Crippen LogP contribution is -2.65. The van der Waals surface area contributed by atoms with E-state index in [0.717, 1.165) is 19.3 Å². The quantitative estimate of drug-likeness (QED) is 0.699. The topological polar surface area (TPSA) is 76.0 Å². The number of carbonyl (C=O) groups excluding carboxylic acids is 1. The summed E-state index contributed by atoms with van der Waals surface area (Å²) in [5, 5.41) is 21.2. The Morgan fingerprint density at radius 2 is 2.00 bits per heavy atom. The van der Waals surface area contributed by atoms with Crippen molar-refractivity contribution in [3.63, 3.8) is 0 Å². The standard InChI is InChI=1S/C15H24O5/c1-13(2)5-4-6-14-7-15(20-8-14,12(18)19-3)11(17)9(16)10(13)14/h9-11,16-17H,4-8H2,1-3H3/t9-,10-,11+,14+,15+/m1/s1. The van der Waals surface area contributed by atoms with Gasteiger partial charge in [0.05, 0.1) is 19.8 Å². The number of carbonyl (C=O) groups is 1. The molecule has 1 spiro atoms. The molecule has 2 aliphatic carbocycles. The van der Waals surface area contributed by atoms with Crippen LogP contribution in [0.1, 0.15) is 39.5 Å². The van der Waals surface area contributed by atoms with Gasteiger partial charge in [0, 0.05) is 11.3 Å². The first-order valence-corrected chi connectivity index (χ1v) is 7.38. The first-order chi connectivity index (χ1) is 9.29. The van der Waals surface area contributed by atoms with Crippen LogP contribution in [0.2, 0.25) is 0 Å². The van der Waals surface area contributed by atoms with E-state index < -0.39 is 23.8 Å². The van der Waals surface area contributed by atoms with Crippen molar-refractivity contribution >= 4 is 5.97 Å². The number of aliphatic hydroxyl groups excluding tert-OH is 2. The zero-order valence-corrected chi connectivity index (χ0v) is 12.4. The van der Waals surface area contributed by atoms with E-state index in [1.807, 2.05) is 0 Å². The highest BCUT2D eigenvalue weighted by atomic mass is 16.6. The maximum atomic E-state index is 12.1. The second-order valence-electron chi connectivity index (χ2n) is 7.46. The Morgan fingerprint density at radius 1 is 1.30 bits per heavy atom. The van der Waals surface area contributed by atoms with Gasteiger partial charge in [-0.15, -0.1) is 0 Å². The zero-order valence-electron chi connectivity index (χ0n) is 12.4. The summed E-state index contributed by atoms with van der Waals surface area (Å²) in [6, 6.07) is 0. The number of hydrogen-bond acceptors (Lipinski definition) is 5. The molecule has 20 heavy (non-hydrogen) atoms. The first-order valence-electron chi connectivity index (χ1n) is 7.38. The van der Waals surface area contributed by atoms with Gasteiger partial charge in [0.15, 0.2) is 5.60 Å². The maximum Gasteiger partial charge on any atom is 0.341 e. The van der Waals surface area contributed by atoms with Crippen LogP contribution in [0.4, 0.5) is 0 Å². The average molecular weight is 284 g/mol. The minimum atomic E-state index is -1.38. The Bertz CT molecular complexity index is 434. The molecule has 2 N–H and O–H groups in total. The second-order valence-corrected chi connectivity index (χ2v) is 7.46. The molecule has 3 fully saturated rings. The predicted molar refractivity (Wildman–Crippen MR) is 70.9 cm³/mol. The summed E-state index contributed by atoms with van der Waals surface area (Å²) in [6.45, 7) is 4.69. The van der Waals surface area contributed by atoms with Crippen molar-refractivity contribution in [1.82, 2.24) is 0 Å². The number of aliphatic hydroxyl groups is 2. The summed E-state index contributed by atoms with van der Waals surface area (Å²) in [4.78, 5) is 12.1.